The van der Waals surface area contributed by atoms with E-state index in [0.29, 0.717) is 6.42 Å². The lowest BCUT2D eigenvalue weighted by molar-refractivity contribution is -0.359. The van der Waals surface area contributed by atoms with Crippen molar-refractivity contribution in [1.29, 1.82) is 0 Å². The molecule has 14 heteroatoms. The van der Waals surface area contributed by atoms with E-state index in [2.05, 4.69) is 55.6 Å². The number of ether oxygens (including phenoxy) is 4. The van der Waals surface area contributed by atoms with Gasteiger partial charge in [0.1, 0.15) is 48.8 Å². The van der Waals surface area contributed by atoms with Crippen molar-refractivity contribution in [2.24, 2.45) is 0 Å². The average molecular weight is 926 g/mol. The van der Waals surface area contributed by atoms with Gasteiger partial charge in [-0.15, -0.1) is 0 Å². The lowest BCUT2D eigenvalue weighted by atomic mass is 9.97. The van der Waals surface area contributed by atoms with Crippen LogP contribution in [-0.2, 0) is 23.7 Å². The second-order valence-corrected chi connectivity index (χ2v) is 17.9. The summed E-state index contributed by atoms with van der Waals surface area (Å²) in [5, 5.41) is 86.7. The maximum Gasteiger partial charge on any atom is 0.220 e. The van der Waals surface area contributed by atoms with Gasteiger partial charge in [0, 0.05) is 6.42 Å². The second kappa shape index (κ2) is 37.9. The van der Waals surface area contributed by atoms with Crippen molar-refractivity contribution in [2.45, 2.75) is 248 Å². The molecule has 12 unspecified atom stereocenters. The number of carbonyl (C=O) groups is 1. The van der Waals surface area contributed by atoms with Gasteiger partial charge in [0.05, 0.1) is 32.0 Å². The fourth-order valence-corrected chi connectivity index (χ4v) is 8.13. The zero-order chi connectivity index (χ0) is 47.5. The Morgan fingerprint density at radius 2 is 1.06 bits per heavy atom. The quantitative estimate of drug-likeness (QED) is 0.0239. The first-order chi connectivity index (χ1) is 31.6. The molecule has 2 saturated heterocycles. The van der Waals surface area contributed by atoms with Crippen LogP contribution in [0, 0.1) is 0 Å². The number of allylic oxidation sites excluding steroid dienone is 7. The van der Waals surface area contributed by atoms with Crippen LogP contribution < -0.4 is 5.32 Å². The predicted octanol–water partition coefficient (Wildman–Crippen LogP) is 6.49. The minimum absolute atomic E-state index is 0.259. The molecule has 0 saturated carbocycles. The highest BCUT2D eigenvalue weighted by atomic mass is 16.7. The van der Waals surface area contributed by atoms with Crippen LogP contribution in [0.25, 0.3) is 0 Å². The smallest absolute Gasteiger partial charge is 0.220 e. The fourth-order valence-electron chi connectivity index (χ4n) is 8.13. The molecule has 14 nitrogen and oxygen atoms in total. The van der Waals surface area contributed by atoms with Gasteiger partial charge >= 0.3 is 0 Å². The molecule has 0 aromatic rings. The maximum atomic E-state index is 13.2. The van der Waals surface area contributed by atoms with Crippen molar-refractivity contribution in [1.82, 2.24) is 5.32 Å². The number of hydrogen-bond acceptors (Lipinski definition) is 13. The Bertz CT molecular complexity index is 1280. The molecule has 2 rings (SSSR count). The van der Waals surface area contributed by atoms with Crippen LogP contribution in [0.1, 0.15) is 174 Å². The minimum atomic E-state index is -1.79. The summed E-state index contributed by atoms with van der Waals surface area (Å²) in [6.45, 7) is 2.65. The third-order valence-corrected chi connectivity index (χ3v) is 12.3. The Morgan fingerprint density at radius 1 is 0.569 bits per heavy atom. The number of aliphatic hydroxyl groups excluding tert-OH is 8. The van der Waals surface area contributed by atoms with E-state index in [1.54, 1.807) is 6.08 Å². The highest BCUT2D eigenvalue weighted by Crippen LogP contribution is 2.30. The fraction of sp³-hybridized carbons (Fsp3) is 0.824. The summed E-state index contributed by atoms with van der Waals surface area (Å²) in [6.07, 6.45) is 27.2. The van der Waals surface area contributed by atoms with Crippen LogP contribution in [-0.4, -0.2) is 140 Å². The molecule has 0 radical (unpaired) electrons. The monoisotopic (exact) mass is 926 g/mol. The molecule has 378 valence electrons. The molecule has 2 aliphatic rings. The summed E-state index contributed by atoms with van der Waals surface area (Å²) >= 11 is 0. The minimum Gasteiger partial charge on any atom is -0.394 e. The number of carbonyl (C=O) groups excluding carboxylic acids is 1. The molecule has 0 spiro atoms. The van der Waals surface area contributed by atoms with Gasteiger partial charge < -0.3 is 65.1 Å². The lowest BCUT2D eigenvalue weighted by Gasteiger charge is -2.46. The highest BCUT2D eigenvalue weighted by Gasteiger charge is 2.51. The van der Waals surface area contributed by atoms with Crippen molar-refractivity contribution in [2.75, 3.05) is 19.8 Å². The van der Waals surface area contributed by atoms with Crippen molar-refractivity contribution in [3.8, 4) is 0 Å². The van der Waals surface area contributed by atoms with Crippen molar-refractivity contribution >= 4 is 5.91 Å². The molecule has 9 N–H and O–H groups in total. The van der Waals surface area contributed by atoms with Crippen molar-refractivity contribution < 1.29 is 64.6 Å². The molecular weight excluding hydrogens is 835 g/mol. The number of aliphatic hydroxyl groups is 8. The van der Waals surface area contributed by atoms with Gasteiger partial charge in [0.25, 0.3) is 0 Å². The first-order valence-corrected chi connectivity index (χ1v) is 25.4. The number of hydrogen-bond donors (Lipinski definition) is 9. The van der Waals surface area contributed by atoms with Crippen LogP contribution in [0.2, 0.25) is 0 Å². The van der Waals surface area contributed by atoms with Gasteiger partial charge in [-0.3, -0.25) is 4.79 Å². The molecule has 1 amide bonds. The summed E-state index contributed by atoms with van der Waals surface area (Å²) in [5.41, 5.74) is 0. The molecule has 0 aliphatic carbocycles. The van der Waals surface area contributed by atoms with E-state index in [9.17, 15) is 45.6 Å². The van der Waals surface area contributed by atoms with Gasteiger partial charge in [-0.1, -0.05) is 165 Å². The molecular formula is C51H91NO13. The van der Waals surface area contributed by atoms with Crippen LogP contribution >= 0.6 is 0 Å². The Balaban J connectivity index is 1.87. The number of amides is 1. The van der Waals surface area contributed by atoms with E-state index in [4.69, 9.17) is 18.9 Å². The van der Waals surface area contributed by atoms with Gasteiger partial charge in [0.15, 0.2) is 12.6 Å². The first kappa shape index (κ1) is 59.1. The SMILES string of the molecule is CC/C=C\C/C=C\C/C=C\CCCCCCCC(=O)NC(COC1OC(CO)C(OC2OC(CO)C(O)C(O)C2O)C(O)C1O)C(O)/C=C/CCCCCCCCCCCCCCCC. The Hall–Kier alpha value is -2.05. The molecule has 12 atom stereocenters. The van der Waals surface area contributed by atoms with Gasteiger partial charge in [-0.25, -0.2) is 0 Å². The van der Waals surface area contributed by atoms with E-state index < -0.39 is 86.8 Å². The van der Waals surface area contributed by atoms with Crippen LogP contribution in [0.4, 0.5) is 0 Å². The average Bonchev–Trinajstić information content (AvgIpc) is 3.30. The summed E-state index contributed by atoms with van der Waals surface area (Å²) < 4.78 is 22.7. The topological polar surface area (TPSA) is 228 Å². The van der Waals surface area contributed by atoms with Gasteiger partial charge in [-0.2, -0.15) is 0 Å². The zero-order valence-electron chi connectivity index (χ0n) is 40.0. The Labute approximate surface area is 391 Å². The molecule has 2 fully saturated rings. The summed E-state index contributed by atoms with van der Waals surface area (Å²) in [6, 6.07) is -0.923. The van der Waals surface area contributed by atoms with Crippen molar-refractivity contribution in [3.63, 3.8) is 0 Å². The van der Waals surface area contributed by atoms with Crippen LogP contribution in [0.3, 0.4) is 0 Å². The summed E-state index contributed by atoms with van der Waals surface area (Å²) in [4.78, 5) is 13.2. The lowest BCUT2D eigenvalue weighted by Crippen LogP contribution is -2.65. The largest absolute Gasteiger partial charge is 0.394 e. The Morgan fingerprint density at radius 3 is 1.63 bits per heavy atom. The van der Waals surface area contributed by atoms with Gasteiger partial charge in [0.2, 0.25) is 5.91 Å². The van der Waals surface area contributed by atoms with E-state index in [1.807, 2.05) is 6.08 Å². The summed E-state index contributed by atoms with van der Waals surface area (Å²) in [5.74, 6) is -0.259. The maximum absolute atomic E-state index is 13.2. The standard InChI is InChI=1S/C51H91NO13/c1-3-5-7-9-11-13-15-17-19-21-22-24-26-28-30-32-34-40(55)39(52-43(56)35-33-31-29-27-25-23-20-18-16-14-12-10-8-6-4-2)38-62-50-48(61)46(59)49(42(37-54)64-50)65-51-47(60)45(58)44(57)41(36-53)63-51/h6,8,12,14,18,20,32,34,39-42,44-51,53-55,57-61H,3-5,7,9-11,13,15-17,19,21-31,33,35-38H2,1-2H3,(H,52,56)/b8-6-,14-12-,20-18-,34-32+. The second-order valence-electron chi connectivity index (χ2n) is 17.9. The third-order valence-electron chi connectivity index (χ3n) is 12.3. The predicted molar refractivity (Wildman–Crippen MR) is 254 cm³/mol. The van der Waals surface area contributed by atoms with Crippen LogP contribution in [0.5, 0.6) is 0 Å². The molecule has 2 aliphatic heterocycles. The molecule has 65 heavy (non-hydrogen) atoms. The molecule has 0 bridgehead atoms. The van der Waals surface area contributed by atoms with Gasteiger partial charge in [-0.05, 0) is 51.4 Å². The number of unbranched alkanes of at least 4 members (excludes halogenated alkanes) is 19. The molecule has 2 heterocycles. The van der Waals surface area contributed by atoms with E-state index in [0.717, 1.165) is 70.6 Å². The number of rotatable bonds is 38. The zero-order valence-corrected chi connectivity index (χ0v) is 40.0. The van der Waals surface area contributed by atoms with Crippen molar-refractivity contribution in [3.05, 3.63) is 48.6 Å². The number of nitrogens with one attached hydrogen (secondary N) is 1. The highest BCUT2D eigenvalue weighted by molar-refractivity contribution is 5.76. The third kappa shape index (κ3) is 25.2. The molecule has 0 aromatic carbocycles. The molecule has 0 aromatic heterocycles. The first-order valence-electron chi connectivity index (χ1n) is 25.4. The van der Waals surface area contributed by atoms with E-state index in [-0.39, 0.29) is 18.9 Å². The normalized spacial score (nSPS) is 27.4. The van der Waals surface area contributed by atoms with E-state index >= 15 is 0 Å². The van der Waals surface area contributed by atoms with Crippen LogP contribution in [0.15, 0.2) is 48.6 Å². The van der Waals surface area contributed by atoms with E-state index in [1.165, 1.54) is 77.0 Å². The summed E-state index contributed by atoms with van der Waals surface area (Å²) in [7, 11) is 0. The Kier molecular flexibility index (Phi) is 34.4.